The highest BCUT2D eigenvalue weighted by atomic mass is 16.5. The van der Waals surface area contributed by atoms with Gasteiger partial charge in [-0.1, -0.05) is 18.2 Å². The molecule has 26 heavy (non-hydrogen) atoms. The number of phenolic OH excluding ortho intramolecular Hbond substituents is 1. The number of rotatable bonds is 4. The summed E-state index contributed by atoms with van der Waals surface area (Å²) in [4.78, 5) is 12.7. The Morgan fingerprint density at radius 1 is 1.27 bits per heavy atom. The van der Waals surface area contributed by atoms with Crippen molar-refractivity contribution in [3.63, 3.8) is 0 Å². The quantitative estimate of drug-likeness (QED) is 0.800. The van der Waals surface area contributed by atoms with Crippen LogP contribution >= 0.6 is 0 Å². The van der Waals surface area contributed by atoms with Gasteiger partial charge in [0.25, 0.3) is 0 Å². The minimum atomic E-state index is -0.327. The largest absolute Gasteiger partial charge is 0.511 e. The van der Waals surface area contributed by atoms with Gasteiger partial charge in [-0.2, -0.15) is 0 Å². The molecule has 2 aliphatic rings. The normalized spacial score (nSPS) is 25.0. The average molecular weight is 356 g/mol. The van der Waals surface area contributed by atoms with Gasteiger partial charge in [0.2, 0.25) is 0 Å². The minimum absolute atomic E-state index is 0.0326. The van der Waals surface area contributed by atoms with Crippen molar-refractivity contribution in [3.8, 4) is 5.75 Å². The molecule has 1 saturated heterocycles. The molecule has 3 rings (SSSR count). The molecule has 1 aromatic rings. The summed E-state index contributed by atoms with van der Waals surface area (Å²) in [5, 5.41) is 20.0. The maximum atomic E-state index is 12.7. The van der Waals surface area contributed by atoms with Crippen molar-refractivity contribution >= 4 is 11.9 Å². The maximum absolute atomic E-state index is 12.7. The molecule has 1 heterocycles. The van der Waals surface area contributed by atoms with Crippen molar-refractivity contribution in [2.45, 2.75) is 38.4 Å². The van der Waals surface area contributed by atoms with E-state index in [9.17, 15) is 15.0 Å². The lowest BCUT2D eigenvalue weighted by atomic mass is 9.80. The van der Waals surface area contributed by atoms with E-state index in [4.69, 9.17) is 9.47 Å². The van der Waals surface area contributed by atoms with E-state index >= 15 is 0 Å². The SMILES string of the molecule is COC1=CC2OC(C)(C)CCC2C(O)=C1C(=O)/C=C/c1ccc(O)cc1. The van der Waals surface area contributed by atoms with Crippen LogP contribution < -0.4 is 0 Å². The van der Waals surface area contributed by atoms with Gasteiger partial charge < -0.3 is 19.7 Å². The number of ether oxygens (including phenoxy) is 2. The van der Waals surface area contributed by atoms with E-state index in [2.05, 4.69) is 0 Å². The number of hydrogen-bond donors (Lipinski definition) is 2. The molecule has 2 N–H and O–H groups in total. The van der Waals surface area contributed by atoms with Crippen LogP contribution in [-0.2, 0) is 14.3 Å². The summed E-state index contributed by atoms with van der Waals surface area (Å²) in [6, 6.07) is 6.50. The van der Waals surface area contributed by atoms with Gasteiger partial charge in [0, 0.05) is 5.92 Å². The molecule has 1 fully saturated rings. The Morgan fingerprint density at radius 2 is 1.96 bits per heavy atom. The van der Waals surface area contributed by atoms with Crippen LogP contribution in [0.3, 0.4) is 0 Å². The van der Waals surface area contributed by atoms with Gasteiger partial charge in [0.05, 0.1) is 18.8 Å². The number of carbonyl (C=O) groups excluding carboxylic acids is 1. The number of hydrogen-bond acceptors (Lipinski definition) is 5. The third-order valence-electron chi connectivity index (χ3n) is 4.87. The highest BCUT2D eigenvalue weighted by Gasteiger charge is 2.42. The first-order chi connectivity index (χ1) is 12.3. The van der Waals surface area contributed by atoms with Crippen LogP contribution in [0.1, 0.15) is 32.3 Å². The summed E-state index contributed by atoms with van der Waals surface area (Å²) in [6.07, 6.45) is 6.08. The Hall–Kier alpha value is -2.53. The molecule has 1 aliphatic heterocycles. The third kappa shape index (κ3) is 3.68. The lowest BCUT2D eigenvalue weighted by molar-refractivity contribution is -0.117. The predicted molar refractivity (Wildman–Crippen MR) is 98.6 cm³/mol. The predicted octanol–water partition coefficient (Wildman–Crippen LogP) is 3.90. The number of phenols is 1. The Morgan fingerprint density at radius 3 is 2.62 bits per heavy atom. The van der Waals surface area contributed by atoms with Crippen molar-refractivity contribution in [1.29, 1.82) is 0 Å². The third-order valence-corrected chi connectivity index (χ3v) is 4.87. The zero-order valence-corrected chi connectivity index (χ0v) is 15.2. The molecule has 0 amide bonds. The van der Waals surface area contributed by atoms with Crippen LogP contribution in [0.5, 0.6) is 5.75 Å². The molecular formula is C21H24O5. The van der Waals surface area contributed by atoms with Gasteiger partial charge in [0.15, 0.2) is 5.78 Å². The molecule has 0 bridgehead atoms. The second-order valence-corrected chi connectivity index (χ2v) is 7.27. The second-order valence-electron chi connectivity index (χ2n) is 7.27. The number of benzene rings is 1. The van der Waals surface area contributed by atoms with Gasteiger partial charge in [-0.15, -0.1) is 0 Å². The summed E-state index contributed by atoms with van der Waals surface area (Å²) >= 11 is 0. The zero-order chi connectivity index (χ0) is 18.9. The van der Waals surface area contributed by atoms with E-state index < -0.39 is 0 Å². The fourth-order valence-electron chi connectivity index (χ4n) is 3.42. The molecule has 1 aromatic carbocycles. The van der Waals surface area contributed by atoms with Crippen molar-refractivity contribution in [3.05, 3.63) is 59.1 Å². The number of aliphatic hydroxyl groups excluding tert-OH is 1. The fraction of sp³-hybridized carbons (Fsp3) is 0.381. The summed E-state index contributed by atoms with van der Waals surface area (Å²) in [5.41, 5.74) is 0.694. The zero-order valence-electron chi connectivity index (χ0n) is 15.2. The number of fused-ring (bicyclic) bond motifs is 1. The lowest BCUT2D eigenvalue weighted by Crippen LogP contribution is -2.43. The summed E-state index contributed by atoms with van der Waals surface area (Å²) in [7, 11) is 1.48. The maximum Gasteiger partial charge on any atom is 0.192 e. The summed E-state index contributed by atoms with van der Waals surface area (Å²) in [5.74, 6) is -0.0288. The number of aliphatic hydroxyl groups is 1. The summed E-state index contributed by atoms with van der Waals surface area (Å²) < 4.78 is 11.4. The van der Waals surface area contributed by atoms with E-state index in [0.717, 1.165) is 18.4 Å². The Bertz CT molecular complexity index is 783. The van der Waals surface area contributed by atoms with Gasteiger partial charge in [0.1, 0.15) is 22.8 Å². The Labute approximate surface area is 153 Å². The number of carbonyl (C=O) groups is 1. The molecule has 2 unspecified atom stereocenters. The molecule has 5 nitrogen and oxygen atoms in total. The number of allylic oxidation sites excluding steroid dienone is 2. The van der Waals surface area contributed by atoms with Crippen LogP contribution in [0.25, 0.3) is 6.08 Å². The van der Waals surface area contributed by atoms with E-state index in [-0.39, 0.29) is 40.5 Å². The first-order valence-electron chi connectivity index (χ1n) is 8.69. The molecule has 0 saturated carbocycles. The standard InChI is InChI=1S/C21H24O5/c1-21(2)11-10-15-17(26-21)12-18(25-3)19(20(15)24)16(23)9-6-13-4-7-14(22)8-5-13/h4-9,12,15,17,22,24H,10-11H2,1-3H3/b9-6+. The average Bonchev–Trinajstić information content (AvgIpc) is 2.59. The molecule has 0 aromatic heterocycles. The van der Waals surface area contributed by atoms with E-state index in [1.165, 1.54) is 13.2 Å². The molecule has 1 aliphatic carbocycles. The minimum Gasteiger partial charge on any atom is -0.511 e. The highest BCUT2D eigenvalue weighted by molar-refractivity contribution is 6.09. The molecule has 138 valence electrons. The van der Waals surface area contributed by atoms with E-state index in [1.807, 2.05) is 13.8 Å². The van der Waals surface area contributed by atoms with E-state index in [1.54, 1.807) is 36.4 Å². The van der Waals surface area contributed by atoms with Crippen LogP contribution in [0.4, 0.5) is 0 Å². The van der Waals surface area contributed by atoms with Crippen molar-refractivity contribution in [1.82, 2.24) is 0 Å². The number of methoxy groups -OCH3 is 1. The van der Waals surface area contributed by atoms with Crippen LogP contribution in [0.15, 0.2) is 53.5 Å². The number of ketones is 1. The Balaban J connectivity index is 1.86. The molecular weight excluding hydrogens is 332 g/mol. The van der Waals surface area contributed by atoms with Crippen molar-refractivity contribution in [2.24, 2.45) is 5.92 Å². The topological polar surface area (TPSA) is 76.0 Å². The smallest absolute Gasteiger partial charge is 0.192 e. The first-order valence-corrected chi connectivity index (χ1v) is 8.69. The first kappa shape index (κ1) is 18.3. The Kier molecular flexibility index (Phi) is 4.92. The van der Waals surface area contributed by atoms with Gasteiger partial charge in [-0.05, 0) is 56.5 Å². The van der Waals surface area contributed by atoms with Crippen LogP contribution in [-0.4, -0.2) is 34.8 Å². The molecule has 2 atom stereocenters. The lowest BCUT2D eigenvalue weighted by Gasteiger charge is -2.42. The second kappa shape index (κ2) is 7.00. The molecule has 0 radical (unpaired) electrons. The highest BCUT2D eigenvalue weighted by Crippen LogP contribution is 2.41. The summed E-state index contributed by atoms with van der Waals surface area (Å²) in [6.45, 7) is 4.04. The van der Waals surface area contributed by atoms with Crippen molar-refractivity contribution in [2.75, 3.05) is 7.11 Å². The van der Waals surface area contributed by atoms with Gasteiger partial charge >= 0.3 is 0 Å². The molecule has 0 spiro atoms. The monoisotopic (exact) mass is 356 g/mol. The van der Waals surface area contributed by atoms with E-state index in [0.29, 0.717) is 5.76 Å². The van der Waals surface area contributed by atoms with Crippen LogP contribution in [0, 0.1) is 5.92 Å². The van der Waals surface area contributed by atoms with Gasteiger partial charge in [-0.3, -0.25) is 4.79 Å². The molecule has 5 heteroatoms. The van der Waals surface area contributed by atoms with Crippen molar-refractivity contribution < 1.29 is 24.5 Å². The van der Waals surface area contributed by atoms with Gasteiger partial charge in [-0.25, -0.2) is 0 Å². The van der Waals surface area contributed by atoms with Crippen LogP contribution in [0.2, 0.25) is 0 Å². The fourth-order valence-corrected chi connectivity index (χ4v) is 3.42. The number of aromatic hydroxyl groups is 1.